The smallest absolute Gasteiger partial charge is 0.0632 e. The summed E-state index contributed by atoms with van der Waals surface area (Å²) in [6, 6.07) is 6.30. The number of aliphatic hydroxyl groups excluding tert-OH is 1. The quantitative estimate of drug-likeness (QED) is 0.715. The molecule has 19 heavy (non-hydrogen) atoms. The molecule has 0 radical (unpaired) electrons. The first-order chi connectivity index (χ1) is 9.10. The van der Waals surface area contributed by atoms with E-state index in [1.165, 1.54) is 5.56 Å². The summed E-state index contributed by atoms with van der Waals surface area (Å²) in [5.74, 6) is 0. The van der Waals surface area contributed by atoms with E-state index in [4.69, 9.17) is 4.74 Å². The van der Waals surface area contributed by atoms with Gasteiger partial charge in [-0.3, -0.25) is 0 Å². The van der Waals surface area contributed by atoms with Crippen LogP contribution in [-0.2, 0) is 11.3 Å². The molecule has 0 aliphatic rings. The summed E-state index contributed by atoms with van der Waals surface area (Å²) >= 11 is 3.50. The van der Waals surface area contributed by atoms with Crippen LogP contribution >= 0.6 is 15.9 Å². The number of hydrogen-bond donors (Lipinski definition) is 2. The number of hydrogen-bond acceptors (Lipinski definition) is 4. The van der Waals surface area contributed by atoms with Crippen LogP contribution in [0.3, 0.4) is 0 Å². The third kappa shape index (κ3) is 5.10. The lowest BCUT2D eigenvalue weighted by atomic mass is 10.1. The Hall–Kier alpha value is -0.620. The Balaban J connectivity index is 2.79. The van der Waals surface area contributed by atoms with Gasteiger partial charge in [0.25, 0.3) is 0 Å². The predicted molar refractivity (Wildman–Crippen MR) is 82.7 cm³/mol. The van der Waals surface area contributed by atoms with Crippen LogP contribution in [0.15, 0.2) is 22.7 Å². The topological polar surface area (TPSA) is 44.7 Å². The van der Waals surface area contributed by atoms with E-state index in [0.29, 0.717) is 6.61 Å². The van der Waals surface area contributed by atoms with Gasteiger partial charge in [0, 0.05) is 43.4 Å². The summed E-state index contributed by atoms with van der Waals surface area (Å²) in [6.07, 6.45) is 0. The van der Waals surface area contributed by atoms with E-state index in [0.717, 1.165) is 23.2 Å². The largest absolute Gasteiger partial charge is 0.394 e. The Morgan fingerprint density at radius 1 is 1.47 bits per heavy atom. The summed E-state index contributed by atoms with van der Waals surface area (Å²) in [5, 5.41) is 12.6. The van der Waals surface area contributed by atoms with Gasteiger partial charge >= 0.3 is 0 Å². The number of anilines is 1. The highest BCUT2D eigenvalue weighted by molar-refractivity contribution is 9.10. The van der Waals surface area contributed by atoms with Crippen LogP contribution in [0, 0.1) is 0 Å². The maximum Gasteiger partial charge on any atom is 0.0632 e. The van der Waals surface area contributed by atoms with Crippen molar-refractivity contribution in [2.75, 3.05) is 38.8 Å². The number of likely N-dealkylation sites (N-methyl/N-ethyl adjacent to an activating group) is 1. The number of ether oxygens (including phenoxy) is 1. The van der Waals surface area contributed by atoms with E-state index in [1.54, 1.807) is 7.11 Å². The van der Waals surface area contributed by atoms with Gasteiger partial charge in [-0.15, -0.1) is 0 Å². The summed E-state index contributed by atoms with van der Waals surface area (Å²) in [5.41, 5.74) is 2.34. The Labute approximate surface area is 123 Å². The first-order valence-corrected chi connectivity index (χ1v) is 7.21. The lowest BCUT2D eigenvalue weighted by Crippen LogP contribution is -2.33. The number of halogens is 1. The number of methoxy groups -OCH3 is 1. The zero-order chi connectivity index (χ0) is 14.3. The molecule has 0 heterocycles. The highest BCUT2D eigenvalue weighted by atomic mass is 79.9. The number of benzene rings is 1. The zero-order valence-corrected chi connectivity index (χ0v) is 13.4. The van der Waals surface area contributed by atoms with Crippen molar-refractivity contribution in [1.29, 1.82) is 0 Å². The van der Waals surface area contributed by atoms with Gasteiger partial charge in [-0.25, -0.2) is 0 Å². The molecule has 1 aromatic carbocycles. The van der Waals surface area contributed by atoms with Crippen molar-refractivity contribution >= 4 is 21.6 Å². The van der Waals surface area contributed by atoms with E-state index < -0.39 is 0 Å². The lowest BCUT2D eigenvalue weighted by Gasteiger charge is -2.28. The molecule has 0 fully saturated rings. The van der Waals surface area contributed by atoms with Gasteiger partial charge in [-0.05, 0) is 30.7 Å². The molecule has 0 saturated heterocycles. The van der Waals surface area contributed by atoms with E-state index >= 15 is 0 Å². The average Bonchev–Trinajstić information content (AvgIpc) is 2.42. The van der Waals surface area contributed by atoms with E-state index in [1.807, 2.05) is 20.0 Å². The van der Waals surface area contributed by atoms with Gasteiger partial charge in [0.1, 0.15) is 0 Å². The molecule has 1 atom stereocenters. The molecule has 108 valence electrons. The van der Waals surface area contributed by atoms with E-state index in [9.17, 15) is 5.11 Å². The van der Waals surface area contributed by atoms with Crippen LogP contribution in [0.4, 0.5) is 5.69 Å². The molecular formula is C14H23BrN2O2. The highest BCUT2D eigenvalue weighted by Crippen LogP contribution is 2.25. The Morgan fingerprint density at radius 3 is 2.84 bits per heavy atom. The van der Waals surface area contributed by atoms with Crippen molar-refractivity contribution in [3.8, 4) is 0 Å². The normalized spacial score (nSPS) is 12.5. The molecule has 1 aromatic rings. The number of nitrogens with one attached hydrogen (secondary N) is 1. The van der Waals surface area contributed by atoms with Gasteiger partial charge in [0.2, 0.25) is 0 Å². The van der Waals surface area contributed by atoms with Crippen LogP contribution in [0.2, 0.25) is 0 Å². The molecule has 0 saturated carbocycles. The second-order valence-electron chi connectivity index (χ2n) is 4.59. The molecule has 5 heteroatoms. The van der Waals surface area contributed by atoms with Gasteiger partial charge < -0.3 is 20.1 Å². The monoisotopic (exact) mass is 330 g/mol. The third-order valence-electron chi connectivity index (χ3n) is 3.15. The summed E-state index contributed by atoms with van der Waals surface area (Å²) in [6.45, 7) is 4.45. The van der Waals surface area contributed by atoms with Gasteiger partial charge in [-0.2, -0.15) is 0 Å². The molecule has 0 aliphatic heterocycles. The Bertz CT molecular complexity index is 388. The molecule has 0 bridgehead atoms. The van der Waals surface area contributed by atoms with Crippen LogP contribution in [0.25, 0.3) is 0 Å². The van der Waals surface area contributed by atoms with Crippen molar-refractivity contribution in [1.82, 2.24) is 5.32 Å². The van der Waals surface area contributed by atoms with Crippen molar-refractivity contribution in [3.63, 3.8) is 0 Å². The van der Waals surface area contributed by atoms with Crippen LogP contribution in [-0.4, -0.2) is 45.1 Å². The van der Waals surface area contributed by atoms with E-state index in [-0.39, 0.29) is 12.6 Å². The minimum absolute atomic E-state index is 0.0962. The van der Waals surface area contributed by atoms with Crippen LogP contribution in [0.5, 0.6) is 0 Å². The Morgan fingerprint density at radius 2 is 2.21 bits per heavy atom. The van der Waals surface area contributed by atoms with Gasteiger partial charge in [0.05, 0.1) is 13.2 Å². The molecule has 2 N–H and O–H groups in total. The number of rotatable bonds is 8. The fraction of sp³-hybridized carbons (Fsp3) is 0.571. The number of nitrogens with zero attached hydrogens (tertiary/aromatic N) is 1. The minimum atomic E-state index is 0.0962. The average molecular weight is 331 g/mol. The van der Waals surface area contributed by atoms with Crippen molar-refractivity contribution < 1.29 is 9.84 Å². The highest BCUT2D eigenvalue weighted by Gasteiger charge is 2.13. The van der Waals surface area contributed by atoms with Crippen LogP contribution < -0.4 is 10.2 Å². The summed E-state index contributed by atoms with van der Waals surface area (Å²) in [4.78, 5) is 2.10. The summed E-state index contributed by atoms with van der Waals surface area (Å²) in [7, 11) is 3.70. The number of aliphatic hydroxyl groups is 1. The molecule has 1 unspecified atom stereocenters. The third-order valence-corrected chi connectivity index (χ3v) is 3.64. The first kappa shape index (κ1) is 16.4. The van der Waals surface area contributed by atoms with Crippen molar-refractivity contribution in [2.24, 2.45) is 0 Å². The maximum absolute atomic E-state index is 9.27. The van der Waals surface area contributed by atoms with Gasteiger partial charge in [0.15, 0.2) is 0 Å². The zero-order valence-electron chi connectivity index (χ0n) is 11.8. The Kier molecular flexibility index (Phi) is 7.38. The molecule has 0 amide bonds. The second-order valence-corrected chi connectivity index (χ2v) is 5.50. The first-order valence-electron chi connectivity index (χ1n) is 6.42. The molecule has 1 rings (SSSR count). The fourth-order valence-corrected chi connectivity index (χ4v) is 2.21. The predicted octanol–water partition coefficient (Wildman–Crippen LogP) is 2.00. The van der Waals surface area contributed by atoms with E-state index in [2.05, 4.69) is 38.3 Å². The molecular weight excluding hydrogens is 308 g/mol. The lowest BCUT2D eigenvalue weighted by molar-refractivity contribution is 0.199. The second kappa shape index (κ2) is 8.53. The molecule has 4 nitrogen and oxygen atoms in total. The van der Waals surface area contributed by atoms with Gasteiger partial charge in [-0.1, -0.05) is 15.9 Å². The summed E-state index contributed by atoms with van der Waals surface area (Å²) < 4.78 is 6.08. The fourth-order valence-electron chi connectivity index (χ4n) is 1.80. The van der Waals surface area contributed by atoms with Crippen molar-refractivity contribution in [3.05, 3.63) is 28.2 Å². The molecule has 0 aromatic heterocycles. The maximum atomic E-state index is 9.27. The van der Waals surface area contributed by atoms with Crippen LogP contribution in [0.1, 0.15) is 12.5 Å². The SMILES string of the molecule is COCCNCc1cc(Br)ccc1N(C)C(C)CO. The standard InChI is InChI=1S/C14H23BrN2O2/c1-11(10-18)17(2)14-5-4-13(15)8-12(14)9-16-6-7-19-3/h4-5,8,11,16,18H,6-7,9-10H2,1-3H3. The molecule has 0 spiro atoms. The molecule has 0 aliphatic carbocycles. The van der Waals surface area contributed by atoms with Crippen molar-refractivity contribution in [2.45, 2.75) is 19.5 Å². The minimum Gasteiger partial charge on any atom is -0.394 e.